The monoisotopic (exact) mass is 185 g/mol. The summed E-state index contributed by atoms with van der Waals surface area (Å²) in [5.74, 6) is 0. The molecule has 1 atom stereocenters. The minimum atomic E-state index is 0.0758. The molecule has 0 bridgehead atoms. The second kappa shape index (κ2) is 4.46. The zero-order valence-electron chi connectivity index (χ0n) is 8.71. The van der Waals surface area contributed by atoms with E-state index in [-0.39, 0.29) is 6.03 Å². The van der Waals surface area contributed by atoms with Crippen LogP contribution in [0.1, 0.15) is 13.3 Å². The molecule has 76 valence electrons. The summed E-state index contributed by atoms with van der Waals surface area (Å²) in [6, 6.07) is 0.606. The Balaban J connectivity index is 2.36. The molecule has 1 N–H and O–H groups in total. The minimum absolute atomic E-state index is 0.0758. The first-order valence-electron chi connectivity index (χ1n) is 4.84. The number of likely N-dealkylation sites (tertiary alicyclic amines) is 1. The van der Waals surface area contributed by atoms with Gasteiger partial charge in [0.2, 0.25) is 0 Å². The maximum Gasteiger partial charge on any atom is 0.317 e. The summed E-state index contributed by atoms with van der Waals surface area (Å²) >= 11 is 0. The highest BCUT2D eigenvalue weighted by atomic mass is 16.2. The molecule has 0 spiro atoms. The summed E-state index contributed by atoms with van der Waals surface area (Å²) in [4.78, 5) is 15.5. The normalized spacial score (nSPS) is 22.5. The third kappa shape index (κ3) is 2.59. The Morgan fingerprint density at radius 3 is 2.77 bits per heavy atom. The topological polar surface area (TPSA) is 35.6 Å². The smallest absolute Gasteiger partial charge is 0.317 e. The van der Waals surface area contributed by atoms with E-state index in [4.69, 9.17) is 0 Å². The maximum atomic E-state index is 11.4. The van der Waals surface area contributed by atoms with E-state index < -0.39 is 0 Å². The largest absolute Gasteiger partial charge is 0.338 e. The van der Waals surface area contributed by atoms with E-state index in [9.17, 15) is 4.79 Å². The number of nitrogens with one attached hydrogen (secondary N) is 1. The van der Waals surface area contributed by atoms with Crippen molar-refractivity contribution < 1.29 is 4.79 Å². The van der Waals surface area contributed by atoms with Crippen LogP contribution >= 0.6 is 0 Å². The lowest BCUT2D eigenvalue weighted by Crippen LogP contribution is -2.40. The molecule has 1 saturated heterocycles. The van der Waals surface area contributed by atoms with E-state index in [0.29, 0.717) is 12.6 Å². The van der Waals surface area contributed by atoms with Gasteiger partial charge in [0.05, 0.1) is 0 Å². The van der Waals surface area contributed by atoms with Crippen LogP contribution in [0, 0.1) is 0 Å². The van der Waals surface area contributed by atoms with Gasteiger partial charge in [-0.2, -0.15) is 0 Å². The van der Waals surface area contributed by atoms with Crippen LogP contribution in [0.2, 0.25) is 0 Å². The van der Waals surface area contributed by atoms with Gasteiger partial charge < -0.3 is 15.1 Å². The van der Waals surface area contributed by atoms with Gasteiger partial charge in [0.15, 0.2) is 0 Å². The number of hydrogen-bond acceptors (Lipinski definition) is 2. The van der Waals surface area contributed by atoms with Gasteiger partial charge in [-0.25, -0.2) is 4.79 Å². The van der Waals surface area contributed by atoms with Crippen molar-refractivity contribution >= 4 is 6.03 Å². The molecule has 0 aromatic rings. The van der Waals surface area contributed by atoms with Crippen molar-refractivity contribution in [3.63, 3.8) is 0 Å². The molecule has 4 heteroatoms. The molecular weight excluding hydrogens is 166 g/mol. The number of likely N-dealkylation sites (N-methyl/N-ethyl adjacent to an activating group) is 1. The molecule has 1 aliphatic heterocycles. The number of carbonyl (C=O) groups is 1. The van der Waals surface area contributed by atoms with Gasteiger partial charge in [0.1, 0.15) is 0 Å². The van der Waals surface area contributed by atoms with Crippen molar-refractivity contribution in [3.05, 3.63) is 0 Å². The van der Waals surface area contributed by atoms with Crippen LogP contribution in [0.4, 0.5) is 4.79 Å². The Kier molecular flexibility index (Phi) is 3.54. The van der Waals surface area contributed by atoms with E-state index in [1.54, 1.807) is 0 Å². The summed E-state index contributed by atoms with van der Waals surface area (Å²) in [6.45, 7) is 4.40. The summed E-state index contributed by atoms with van der Waals surface area (Å²) in [6.07, 6.45) is 1.09. The third-order valence-electron chi connectivity index (χ3n) is 2.51. The quantitative estimate of drug-likeness (QED) is 0.674. The fourth-order valence-electron chi connectivity index (χ4n) is 1.61. The molecule has 13 heavy (non-hydrogen) atoms. The Bertz CT molecular complexity index is 182. The molecular formula is C9H19N3O. The molecule has 1 unspecified atom stereocenters. The summed E-state index contributed by atoms with van der Waals surface area (Å²) in [7, 11) is 4.12. The van der Waals surface area contributed by atoms with E-state index in [0.717, 1.165) is 19.5 Å². The molecule has 4 nitrogen and oxygen atoms in total. The summed E-state index contributed by atoms with van der Waals surface area (Å²) in [5.41, 5.74) is 0. The first-order valence-corrected chi connectivity index (χ1v) is 4.84. The van der Waals surface area contributed by atoms with Crippen molar-refractivity contribution in [2.45, 2.75) is 19.4 Å². The molecule has 1 heterocycles. The first-order chi connectivity index (χ1) is 6.15. The van der Waals surface area contributed by atoms with Crippen LogP contribution < -0.4 is 5.32 Å². The lowest BCUT2D eigenvalue weighted by Gasteiger charge is -2.20. The zero-order valence-corrected chi connectivity index (χ0v) is 8.71. The maximum absolute atomic E-state index is 11.4. The SMILES string of the molecule is CCNC(=O)N1CCC(N(C)C)C1. The number of carbonyl (C=O) groups excluding carboxylic acids is 1. The number of rotatable bonds is 2. The predicted octanol–water partition coefficient (Wildman–Crippen LogP) is 0.352. The van der Waals surface area contributed by atoms with Gasteiger partial charge in [-0.3, -0.25) is 0 Å². The van der Waals surface area contributed by atoms with E-state index in [1.807, 2.05) is 11.8 Å². The fourth-order valence-corrected chi connectivity index (χ4v) is 1.61. The van der Waals surface area contributed by atoms with Gasteiger partial charge in [0, 0.05) is 25.7 Å². The predicted molar refractivity (Wildman–Crippen MR) is 52.7 cm³/mol. The van der Waals surface area contributed by atoms with E-state index in [2.05, 4.69) is 24.3 Å². The second-order valence-corrected chi connectivity index (χ2v) is 3.69. The van der Waals surface area contributed by atoms with Crippen LogP contribution in [-0.4, -0.2) is 55.6 Å². The molecule has 1 rings (SSSR count). The molecule has 0 aromatic heterocycles. The highest BCUT2D eigenvalue weighted by molar-refractivity contribution is 5.74. The lowest BCUT2D eigenvalue weighted by molar-refractivity contribution is 0.204. The molecule has 0 aromatic carbocycles. The van der Waals surface area contributed by atoms with Gasteiger partial charge in [-0.1, -0.05) is 0 Å². The molecule has 0 radical (unpaired) electrons. The van der Waals surface area contributed by atoms with Gasteiger partial charge in [0.25, 0.3) is 0 Å². The van der Waals surface area contributed by atoms with Crippen LogP contribution in [0.5, 0.6) is 0 Å². The van der Waals surface area contributed by atoms with Crippen LogP contribution in [0.15, 0.2) is 0 Å². The number of nitrogens with zero attached hydrogens (tertiary/aromatic N) is 2. The molecule has 1 fully saturated rings. The third-order valence-corrected chi connectivity index (χ3v) is 2.51. The number of hydrogen-bond donors (Lipinski definition) is 1. The Morgan fingerprint density at radius 2 is 2.31 bits per heavy atom. The molecule has 1 aliphatic rings. The highest BCUT2D eigenvalue weighted by Crippen LogP contribution is 2.12. The van der Waals surface area contributed by atoms with Crippen molar-refractivity contribution in [2.75, 3.05) is 33.7 Å². The van der Waals surface area contributed by atoms with E-state index >= 15 is 0 Å². The van der Waals surface area contributed by atoms with Crippen molar-refractivity contribution in [2.24, 2.45) is 0 Å². The van der Waals surface area contributed by atoms with Crippen LogP contribution in [0.3, 0.4) is 0 Å². The van der Waals surface area contributed by atoms with Crippen molar-refractivity contribution in [1.82, 2.24) is 15.1 Å². The number of amides is 2. The zero-order chi connectivity index (χ0) is 9.84. The van der Waals surface area contributed by atoms with Crippen LogP contribution in [-0.2, 0) is 0 Å². The van der Waals surface area contributed by atoms with Gasteiger partial charge in [-0.05, 0) is 27.4 Å². The average molecular weight is 185 g/mol. The Labute approximate surface area is 79.9 Å². The lowest BCUT2D eigenvalue weighted by atomic mass is 10.2. The molecule has 0 aliphatic carbocycles. The first kappa shape index (κ1) is 10.3. The summed E-state index contributed by atoms with van der Waals surface area (Å²) in [5, 5.41) is 2.82. The van der Waals surface area contributed by atoms with Gasteiger partial charge >= 0.3 is 6.03 Å². The van der Waals surface area contributed by atoms with Crippen molar-refractivity contribution in [1.29, 1.82) is 0 Å². The van der Waals surface area contributed by atoms with Crippen LogP contribution in [0.25, 0.3) is 0 Å². The highest BCUT2D eigenvalue weighted by Gasteiger charge is 2.26. The summed E-state index contributed by atoms with van der Waals surface area (Å²) < 4.78 is 0. The standard InChI is InChI=1S/C9H19N3O/c1-4-10-9(13)12-6-5-8(7-12)11(2)3/h8H,4-7H2,1-3H3,(H,10,13). The Morgan fingerprint density at radius 1 is 1.62 bits per heavy atom. The fraction of sp³-hybridized carbons (Fsp3) is 0.889. The second-order valence-electron chi connectivity index (χ2n) is 3.69. The average Bonchev–Trinajstić information content (AvgIpc) is 2.52. The van der Waals surface area contributed by atoms with Crippen molar-refractivity contribution in [3.8, 4) is 0 Å². The number of urea groups is 1. The van der Waals surface area contributed by atoms with Gasteiger partial charge in [-0.15, -0.1) is 0 Å². The van der Waals surface area contributed by atoms with E-state index in [1.165, 1.54) is 0 Å². The Hall–Kier alpha value is -0.770. The molecule has 0 saturated carbocycles. The molecule has 2 amide bonds. The minimum Gasteiger partial charge on any atom is -0.338 e.